The van der Waals surface area contributed by atoms with Gasteiger partial charge in [0.1, 0.15) is 0 Å². The summed E-state index contributed by atoms with van der Waals surface area (Å²) in [5.74, 6) is -0.160. The molecule has 0 atom stereocenters. The summed E-state index contributed by atoms with van der Waals surface area (Å²) in [7, 11) is 0. The van der Waals surface area contributed by atoms with Crippen molar-refractivity contribution in [2.45, 2.75) is 4.90 Å². The number of amides is 2. The summed E-state index contributed by atoms with van der Waals surface area (Å²) in [6.07, 6.45) is 0. The molecule has 0 aromatic heterocycles. The number of nitrogens with one attached hydrogen (secondary N) is 1. The van der Waals surface area contributed by atoms with Crippen molar-refractivity contribution < 1.29 is 14.7 Å². The summed E-state index contributed by atoms with van der Waals surface area (Å²) >= 11 is 1.56. The second-order valence-corrected chi connectivity index (χ2v) is 5.07. The van der Waals surface area contributed by atoms with Gasteiger partial charge >= 0.3 is 12.0 Å². The first-order chi connectivity index (χ1) is 8.66. The van der Waals surface area contributed by atoms with E-state index in [0.717, 1.165) is 17.2 Å². The van der Waals surface area contributed by atoms with Crippen LogP contribution in [0.2, 0.25) is 0 Å². The lowest BCUT2D eigenvalue weighted by Gasteiger charge is -2.13. The molecular formula is C12H14N2O3S. The van der Waals surface area contributed by atoms with Crippen molar-refractivity contribution in [3.8, 4) is 0 Å². The van der Waals surface area contributed by atoms with E-state index in [-0.39, 0.29) is 6.03 Å². The van der Waals surface area contributed by atoms with Gasteiger partial charge in [0, 0.05) is 30.3 Å². The molecule has 0 unspecified atom stereocenters. The molecule has 1 aromatic carbocycles. The minimum atomic E-state index is -0.920. The Bertz CT molecular complexity index is 464. The number of hydrogen-bond donors (Lipinski definition) is 2. The van der Waals surface area contributed by atoms with Crippen molar-refractivity contribution in [3.05, 3.63) is 29.8 Å². The fourth-order valence-corrected chi connectivity index (χ4v) is 2.65. The van der Waals surface area contributed by atoms with E-state index in [1.165, 1.54) is 0 Å². The van der Waals surface area contributed by atoms with E-state index in [2.05, 4.69) is 5.32 Å². The van der Waals surface area contributed by atoms with Gasteiger partial charge in [-0.1, -0.05) is 6.07 Å². The van der Waals surface area contributed by atoms with Crippen molar-refractivity contribution >= 4 is 23.8 Å². The third-order valence-corrected chi connectivity index (χ3v) is 3.63. The predicted molar refractivity (Wildman–Crippen MR) is 69.1 cm³/mol. The van der Waals surface area contributed by atoms with Gasteiger partial charge in [-0.3, -0.25) is 0 Å². The van der Waals surface area contributed by atoms with Crippen LogP contribution in [0, 0.1) is 0 Å². The number of hydrogen-bond acceptors (Lipinski definition) is 3. The highest BCUT2D eigenvalue weighted by molar-refractivity contribution is 7.99. The number of carbonyl (C=O) groups is 2. The van der Waals surface area contributed by atoms with E-state index in [0.29, 0.717) is 18.7 Å². The van der Waals surface area contributed by atoms with Gasteiger partial charge in [0.25, 0.3) is 0 Å². The van der Waals surface area contributed by atoms with Gasteiger partial charge in [0.2, 0.25) is 0 Å². The Hall–Kier alpha value is -1.69. The highest BCUT2D eigenvalue weighted by atomic mass is 32.2. The van der Waals surface area contributed by atoms with Crippen molar-refractivity contribution in [1.82, 2.24) is 10.2 Å². The summed E-state index contributed by atoms with van der Waals surface area (Å²) in [5.41, 5.74) is 0.291. The fraction of sp³-hybridized carbons (Fsp3) is 0.333. The Morgan fingerprint density at radius 2 is 2.33 bits per heavy atom. The van der Waals surface area contributed by atoms with Gasteiger partial charge in [-0.15, -0.1) is 11.8 Å². The number of aromatic carboxylic acids is 1. The smallest absolute Gasteiger partial charge is 0.335 e. The molecule has 6 heteroatoms. The number of nitrogens with zero attached hydrogens (tertiary/aromatic N) is 1. The van der Waals surface area contributed by atoms with Gasteiger partial charge in [0.05, 0.1) is 5.56 Å². The predicted octanol–water partition coefficient (Wildman–Crippen LogP) is 1.50. The molecule has 1 fully saturated rings. The maximum atomic E-state index is 11.3. The van der Waals surface area contributed by atoms with Crippen LogP contribution in [0.15, 0.2) is 29.2 Å². The Kier molecular flexibility index (Phi) is 4.09. The van der Waals surface area contributed by atoms with Crippen LogP contribution < -0.4 is 5.32 Å². The van der Waals surface area contributed by atoms with Crippen LogP contribution in [0.4, 0.5) is 4.79 Å². The zero-order valence-electron chi connectivity index (χ0n) is 9.76. The number of carboxylic acids is 1. The molecule has 1 heterocycles. The van der Waals surface area contributed by atoms with Crippen LogP contribution in [0.3, 0.4) is 0 Å². The molecule has 0 radical (unpaired) electrons. The largest absolute Gasteiger partial charge is 0.478 e. The number of benzene rings is 1. The first-order valence-electron chi connectivity index (χ1n) is 5.66. The van der Waals surface area contributed by atoms with Crippen molar-refractivity contribution in [2.75, 3.05) is 25.4 Å². The van der Waals surface area contributed by atoms with Gasteiger partial charge < -0.3 is 15.3 Å². The Morgan fingerprint density at radius 1 is 1.50 bits per heavy atom. The Morgan fingerprint density at radius 3 is 3.00 bits per heavy atom. The molecule has 1 aliphatic heterocycles. The van der Waals surface area contributed by atoms with E-state index in [4.69, 9.17) is 5.11 Å². The van der Waals surface area contributed by atoms with Gasteiger partial charge in [-0.05, 0) is 18.2 Å². The molecule has 5 nitrogen and oxygen atoms in total. The zero-order chi connectivity index (χ0) is 13.0. The molecule has 0 bridgehead atoms. The standard InChI is InChI=1S/C12H14N2O3S/c15-11(16)9-2-1-3-10(8-9)18-7-6-14-5-4-13-12(14)17/h1-3,8H,4-7H2,(H,13,17)(H,15,16). The summed E-state index contributed by atoms with van der Waals surface area (Å²) in [4.78, 5) is 24.8. The molecule has 2 rings (SSSR count). The topological polar surface area (TPSA) is 69.6 Å². The molecule has 1 aliphatic rings. The van der Waals surface area contributed by atoms with Crippen LogP contribution in [-0.2, 0) is 0 Å². The van der Waals surface area contributed by atoms with Crippen LogP contribution in [0.1, 0.15) is 10.4 Å². The molecule has 1 saturated heterocycles. The number of carboxylic acid groups (broad SMARTS) is 1. The highest BCUT2D eigenvalue weighted by Crippen LogP contribution is 2.19. The zero-order valence-corrected chi connectivity index (χ0v) is 10.6. The number of carbonyl (C=O) groups excluding carboxylic acids is 1. The number of rotatable bonds is 5. The van der Waals surface area contributed by atoms with Crippen LogP contribution in [0.25, 0.3) is 0 Å². The van der Waals surface area contributed by atoms with Crippen molar-refractivity contribution in [1.29, 1.82) is 0 Å². The Labute approximate surface area is 109 Å². The monoisotopic (exact) mass is 266 g/mol. The van der Waals surface area contributed by atoms with Crippen LogP contribution >= 0.6 is 11.8 Å². The van der Waals surface area contributed by atoms with Gasteiger partial charge in [-0.2, -0.15) is 0 Å². The normalized spacial score (nSPS) is 14.7. The van der Waals surface area contributed by atoms with Crippen molar-refractivity contribution in [3.63, 3.8) is 0 Å². The van der Waals surface area contributed by atoms with E-state index in [9.17, 15) is 9.59 Å². The minimum Gasteiger partial charge on any atom is -0.478 e. The molecule has 2 amide bonds. The summed E-state index contributed by atoms with van der Waals surface area (Å²) in [6, 6.07) is 6.81. The minimum absolute atomic E-state index is 0.0186. The molecule has 0 aliphatic carbocycles. The summed E-state index contributed by atoms with van der Waals surface area (Å²) in [6.45, 7) is 2.13. The van der Waals surface area contributed by atoms with Crippen LogP contribution in [0.5, 0.6) is 0 Å². The molecule has 96 valence electrons. The van der Waals surface area contributed by atoms with Gasteiger partial charge in [0.15, 0.2) is 0 Å². The Balaban J connectivity index is 1.84. The first-order valence-corrected chi connectivity index (χ1v) is 6.64. The average Bonchev–Trinajstić information content (AvgIpc) is 2.76. The average molecular weight is 266 g/mol. The molecule has 2 N–H and O–H groups in total. The summed E-state index contributed by atoms with van der Waals surface area (Å²) in [5, 5.41) is 11.6. The SMILES string of the molecule is O=C(O)c1cccc(SCCN2CCNC2=O)c1. The third-order valence-electron chi connectivity index (χ3n) is 2.66. The fourth-order valence-electron chi connectivity index (χ4n) is 1.72. The number of urea groups is 1. The lowest BCUT2D eigenvalue weighted by molar-refractivity contribution is 0.0696. The lowest BCUT2D eigenvalue weighted by Crippen LogP contribution is -2.30. The molecule has 18 heavy (non-hydrogen) atoms. The van der Waals surface area contributed by atoms with E-state index in [1.54, 1.807) is 34.9 Å². The maximum absolute atomic E-state index is 11.3. The molecule has 0 spiro atoms. The number of thioether (sulfide) groups is 1. The molecular weight excluding hydrogens is 252 g/mol. The summed E-state index contributed by atoms with van der Waals surface area (Å²) < 4.78 is 0. The highest BCUT2D eigenvalue weighted by Gasteiger charge is 2.18. The molecule has 0 saturated carbocycles. The van der Waals surface area contributed by atoms with Crippen LogP contribution in [-0.4, -0.2) is 47.4 Å². The second-order valence-electron chi connectivity index (χ2n) is 3.90. The van der Waals surface area contributed by atoms with E-state index in [1.807, 2.05) is 6.07 Å². The third kappa shape index (κ3) is 3.16. The molecule has 1 aromatic rings. The lowest BCUT2D eigenvalue weighted by atomic mass is 10.2. The van der Waals surface area contributed by atoms with E-state index < -0.39 is 5.97 Å². The van der Waals surface area contributed by atoms with Gasteiger partial charge in [-0.25, -0.2) is 9.59 Å². The van der Waals surface area contributed by atoms with E-state index >= 15 is 0 Å². The first kappa shape index (κ1) is 12.8. The van der Waals surface area contributed by atoms with Crippen molar-refractivity contribution in [2.24, 2.45) is 0 Å². The maximum Gasteiger partial charge on any atom is 0.335 e. The second kappa shape index (κ2) is 5.77. The quantitative estimate of drug-likeness (QED) is 0.792.